The standard InChI is InChI=1S/C18H18/c1-2-12-6-9-14-4-3-5-15-10-11-16(13-7-8-13)18(12)17(14)15/h2-5,10-11,13H,6-9H2,1H3/b12-2-. The largest absolute Gasteiger partial charge is 0.0838 e. The van der Waals surface area contributed by atoms with Crippen molar-refractivity contribution in [3.8, 4) is 0 Å². The Bertz CT molecular complexity index is 657. The van der Waals surface area contributed by atoms with Gasteiger partial charge in [0.15, 0.2) is 0 Å². The Morgan fingerprint density at radius 3 is 2.72 bits per heavy atom. The van der Waals surface area contributed by atoms with E-state index in [1.807, 2.05) is 0 Å². The zero-order valence-corrected chi connectivity index (χ0v) is 10.9. The highest BCUT2D eigenvalue weighted by Crippen LogP contribution is 2.47. The van der Waals surface area contributed by atoms with Crippen LogP contribution in [0.3, 0.4) is 0 Å². The second-order valence-corrected chi connectivity index (χ2v) is 5.63. The van der Waals surface area contributed by atoms with Gasteiger partial charge in [-0.3, -0.25) is 0 Å². The molecule has 2 aliphatic carbocycles. The normalized spacial score (nSPS) is 20.6. The predicted molar refractivity (Wildman–Crippen MR) is 77.9 cm³/mol. The number of hydrogen-bond acceptors (Lipinski definition) is 0. The molecule has 1 fully saturated rings. The monoisotopic (exact) mass is 234 g/mol. The van der Waals surface area contributed by atoms with Crippen LogP contribution in [0.25, 0.3) is 16.3 Å². The smallest absolute Gasteiger partial charge is 0.00737 e. The molecule has 0 bridgehead atoms. The highest BCUT2D eigenvalue weighted by molar-refractivity contribution is 5.99. The van der Waals surface area contributed by atoms with E-state index >= 15 is 0 Å². The number of aryl methyl sites for hydroxylation is 1. The summed E-state index contributed by atoms with van der Waals surface area (Å²) in [6.07, 6.45) is 7.52. The van der Waals surface area contributed by atoms with E-state index in [2.05, 4.69) is 43.3 Å². The minimum Gasteiger partial charge on any atom is -0.0838 e. The summed E-state index contributed by atoms with van der Waals surface area (Å²) in [5, 5.41) is 2.97. The Balaban J connectivity index is 2.13. The van der Waals surface area contributed by atoms with E-state index in [0.29, 0.717) is 0 Å². The summed E-state index contributed by atoms with van der Waals surface area (Å²) in [6.45, 7) is 2.19. The molecule has 0 aliphatic heterocycles. The topological polar surface area (TPSA) is 0 Å². The lowest BCUT2D eigenvalue weighted by Gasteiger charge is -2.23. The summed E-state index contributed by atoms with van der Waals surface area (Å²) in [5.41, 5.74) is 6.32. The van der Waals surface area contributed by atoms with Crippen LogP contribution in [0, 0.1) is 0 Å². The van der Waals surface area contributed by atoms with Crippen LogP contribution in [0.4, 0.5) is 0 Å². The van der Waals surface area contributed by atoms with Gasteiger partial charge in [-0.15, -0.1) is 0 Å². The molecular formula is C18H18. The van der Waals surface area contributed by atoms with Crippen LogP contribution in [0.15, 0.2) is 36.4 Å². The molecule has 0 atom stereocenters. The molecule has 0 nitrogen and oxygen atoms in total. The van der Waals surface area contributed by atoms with Crippen LogP contribution < -0.4 is 0 Å². The lowest BCUT2D eigenvalue weighted by Crippen LogP contribution is -2.03. The summed E-state index contributed by atoms with van der Waals surface area (Å²) in [6, 6.07) is 11.5. The van der Waals surface area contributed by atoms with Crippen molar-refractivity contribution in [2.45, 2.75) is 38.5 Å². The van der Waals surface area contributed by atoms with Gasteiger partial charge < -0.3 is 0 Å². The van der Waals surface area contributed by atoms with E-state index in [-0.39, 0.29) is 0 Å². The molecule has 2 aromatic rings. The number of rotatable bonds is 1. The molecule has 1 saturated carbocycles. The van der Waals surface area contributed by atoms with E-state index in [1.54, 1.807) is 27.6 Å². The van der Waals surface area contributed by atoms with Gasteiger partial charge in [0.2, 0.25) is 0 Å². The first kappa shape index (κ1) is 10.4. The predicted octanol–water partition coefficient (Wildman–Crippen LogP) is 5.07. The highest BCUT2D eigenvalue weighted by atomic mass is 14.3. The van der Waals surface area contributed by atoms with Crippen molar-refractivity contribution in [3.05, 3.63) is 53.1 Å². The van der Waals surface area contributed by atoms with E-state index < -0.39 is 0 Å². The van der Waals surface area contributed by atoms with Crippen molar-refractivity contribution in [2.24, 2.45) is 0 Å². The first-order chi connectivity index (χ1) is 8.88. The van der Waals surface area contributed by atoms with Crippen molar-refractivity contribution >= 4 is 16.3 Å². The molecule has 0 aromatic heterocycles. The van der Waals surface area contributed by atoms with Crippen molar-refractivity contribution in [1.82, 2.24) is 0 Å². The summed E-state index contributed by atoms with van der Waals surface area (Å²) >= 11 is 0. The summed E-state index contributed by atoms with van der Waals surface area (Å²) in [7, 11) is 0. The Hall–Kier alpha value is -1.56. The summed E-state index contributed by atoms with van der Waals surface area (Å²) < 4.78 is 0. The molecule has 0 unspecified atom stereocenters. The van der Waals surface area contributed by atoms with E-state index in [1.165, 1.54) is 31.1 Å². The van der Waals surface area contributed by atoms with Crippen LogP contribution in [-0.4, -0.2) is 0 Å². The number of benzene rings is 2. The molecule has 2 aromatic carbocycles. The maximum Gasteiger partial charge on any atom is -0.00737 e. The molecule has 0 saturated heterocycles. The fraction of sp³-hybridized carbons (Fsp3) is 0.333. The van der Waals surface area contributed by atoms with Crippen molar-refractivity contribution in [2.75, 3.05) is 0 Å². The third-order valence-corrected chi connectivity index (χ3v) is 4.51. The first-order valence-corrected chi connectivity index (χ1v) is 7.08. The molecule has 0 spiro atoms. The molecule has 0 heteroatoms. The second-order valence-electron chi connectivity index (χ2n) is 5.63. The van der Waals surface area contributed by atoms with Gasteiger partial charge in [0.05, 0.1) is 0 Å². The van der Waals surface area contributed by atoms with Gasteiger partial charge in [-0.1, -0.05) is 36.4 Å². The second kappa shape index (κ2) is 3.71. The molecule has 0 heterocycles. The van der Waals surface area contributed by atoms with Gasteiger partial charge in [-0.25, -0.2) is 0 Å². The maximum absolute atomic E-state index is 2.38. The van der Waals surface area contributed by atoms with Gasteiger partial charge >= 0.3 is 0 Å². The van der Waals surface area contributed by atoms with Crippen LogP contribution in [0.2, 0.25) is 0 Å². The lowest BCUT2D eigenvalue weighted by molar-refractivity contribution is 0.994. The van der Waals surface area contributed by atoms with Gasteiger partial charge in [-0.2, -0.15) is 0 Å². The van der Waals surface area contributed by atoms with E-state index in [4.69, 9.17) is 0 Å². The third kappa shape index (κ3) is 1.38. The molecular weight excluding hydrogens is 216 g/mol. The molecule has 0 amide bonds. The Labute approximate surface area is 108 Å². The van der Waals surface area contributed by atoms with Gasteiger partial charge in [0.1, 0.15) is 0 Å². The molecule has 90 valence electrons. The fourth-order valence-electron chi connectivity index (χ4n) is 3.44. The maximum atomic E-state index is 2.38. The minimum absolute atomic E-state index is 0.838. The van der Waals surface area contributed by atoms with Gasteiger partial charge in [-0.05, 0) is 71.6 Å². The van der Waals surface area contributed by atoms with Gasteiger partial charge in [0, 0.05) is 0 Å². The fourth-order valence-corrected chi connectivity index (χ4v) is 3.44. The molecule has 0 N–H and O–H groups in total. The molecule has 2 aliphatic rings. The molecule has 0 radical (unpaired) electrons. The van der Waals surface area contributed by atoms with E-state index in [0.717, 1.165) is 5.92 Å². The zero-order valence-electron chi connectivity index (χ0n) is 10.9. The van der Waals surface area contributed by atoms with Crippen LogP contribution >= 0.6 is 0 Å². The average Bonchev–Trinajstić information content (AvgIpc) is 3.24. The lowest BCUT2D eigenvalue weighted by atomic mass is 9.81. The first-order valence-electron chi connectivity index (χ1n) is 7.08. The van der Waals surface area contributed by atoms with Crippen molar-refractivity contribution in [3.63, 3.8) is 0 Å². The Morgan fingerprint density at radius 1 is 1.06 bits per heavy atom. The summed E-state index contributed by atoms with van der Waals surface area (Å²) in [4.78, 5) is 0. The SMILES string of the molecule is C/C=C1/CCc2cccc3ccc(C4CC4)c1c23. The van der Waals surface area contributed by atoms with Crippen LogP contribution in [0.1, 0.15) is 48.8 Å². The number of hydrogen-bond donors (Lipinski definition) is 0. The quantitative estimate of drug-likeness (QED) is 0.646. The third-order valence-electron chi connectivity index (χ3n) is 4.51. The highest BCUT2D eigenvalue weighted by Gasteiger charge is 2.29. The van der Waals surface area contributed by atoms with Crippen LogP contribution in [-0.2, 0) is 6.42 Å². The minimum atomic E-state index is 0.838. The Kier molecular flexibility index (Phi) is 2.14. The molecule has 4 rings (SSSR count). The Morgan fingerprint density at radius 2 is 1.94 bits per heavy atom. The summed E-state index contributed by atoms with van der Waals surface area (Å²) in [5.74, 6) is 0.838. The average molecular weight is 234 g/mol. The van der Waals surface area contributed by atoms with E-state index in [9.17, 15) is 0 Å². The van der Waals surface area contributed by atoms with Crippen LogP contribution in [0.5, 0.6) is 0 Å². The van der Waals surface area contributed by atoms with Crippen molar-refractivity contribution < 1.29 is 0 Å². The van der Waals surface area contributed by atoms with Gasteiger partial charge in [0.25, 0.3) is 0 Å². The number of allylic oxidation sites excluding steroid dienone is 2. The zero-order chi connectivity index (χ0) is 12.1. The van der Waals surface area contributed by atoms with Crippen molar-refractivity contribution in [1.29, 1.82) is 0 Å². The molecule has 18 heavy (non-hydrogen) atoms.